The Balaban J connectivity index is 2.68. The van der Waals surface area contributed by atoms with Crippen molar-refractivity contribution < 1.29 is 4.74 Å². The molecule has 2 N–H and O–H groups in total. The van der Waals surface area contributed by atoms with Gasteiger partial charge >= 0.3 is 0 Å². The molecule has 3 nitrogen and oxygen atoms in total. The van der Waals surface area contributed by atoms with Gasteiger partial charge in [0.05, 0.1) is 17.3 Å². The van der Waals surface area contributed by atoms with Gasteiger partial charge in [-0.1, -0.05) is 25.2 Å². The van der Waals surface area contributed by atoms with Crippen LogP contribution in [0.5, 0.6) is 5.75 Å². The number of fused-ring (bicyclic) bond motifs is 1. The molecule has 4 heteroatoms. The van der Waals surface area contributed by atoms with Crippen LogP contribution in [0.15, 0.2) is 12.1 Å². The lowest BCUT2D eigenvalue weighted by molar-refractivity contribution is 0.408. The topological polar surface area (TPSA) is 48.1 Å². The van der Waals surface area contributed by atoms with E-state index in [1.807, 2.05) is 6.07 Å². The molecule has 0 atom stereocenters. The number of hydrogen-bond donors (Lipinski definition) is 1. The van der Waals surface area contributed by atoms with E-state index in [1.54, 1.807) is 7.11 Å². The van der Waals surface area contributed by atoms with Crippen LogP contribution in [0.4, 0.5) is 5.13 Å². The third-order valence-corrected chi connectivity index (χ3v) is 3.23. The van der Waals surface area contributed by atoms with Crippen molar-refractivity contribution >= 4 is 26.7 Å². The minimum atomic E-state index is 0.423. The van der Waals surface area contributed by atoms with Gasteiger partial charge in [0.2, 0.25) is 0 Å². The molecule has 0 fully saturated rings. The standard InChI is InChI=1S/C11H14N2OS/c1-6(2)7-4-8-10(5-9(7)14-3)15-11(12)13-8/h4-6H,1-3H3,(H2,12,13). The van der Waals surface area contributed by atoms with Crippen molar-refractivity contribution in [1.82, 2.24) is 4.98 Å². The third kappa shape index (κ3) is 1.77. The van der Waals surface area contributed by atoms with Crippen LogP contribution in [0, 0.1) is 0 Å². The summed E-state index contributed by atoms with van der Waals surface area (Å²) in [6.07, 6.45) is 0. The van der Waals surface area contributed by atoms with Crippen molar-refractivity contribution in [1.29, 1.82) is 0 Å². The van der Waals surface area contributed by atoms with Gasteiger partial charge in [-0.15, -0.1) is 0 Å². The van der Waals surface area contributed by atoms with Crippen molar-refractivity contribution in [3.63, 3.8) is 0 Å². The van der Waals surface area contributed by atoms with Crippen LogP contribution in [0.2, 0.25) is 0 Å². The SMILES string of the molecule is COc1cc2sc(N)nc2cc1C(C)C. The summed E-state index contributed by atoms with van der Waals surface area (Å²) in [6, 6.07) is 4.07. The maximum atomic E-state index is 5.67. The van der Waals surface area contributed by atoms with Crippen molar-refractivity contribution in [2.75, 3.05) is 12.8 Å². The lowest BCUT2D eigenvalue weighted by atomic mass is 10.0. The van der Waals surface area contributed by atoms with Crippen LogP contribution in [0.3, 0.4) is 0 Å². The van der Waals surface area contributed by atoms with Crippen LogP contribution >= 0.6 is 11.3 Å². The zero-order valence-corrected chi connectivity index (χ0v) is 9.89. The second kappa shape index (κ2) is 3.70. The van der Waals surface area contributed by atoms with E-state index in [0.717, 1.165) is 16.0 Å². The highest BCUT2D eigenvalue weighted by Gasteiger charge is 2.11. The van der Waals surface area contributed by atoms with E-state index in [-0.39, 0.29) is 0 Å². The first-order valence-electron chi connectivity index (χ1n) is 4.85. The fraction of sp³-hybridized carbons (Fsp3) is 0.364. The summed E-state index contributed by atoms with van der Waals surface area (Å²) in [5, 5.41) is 0.605. The Labute approximate surface area is 92.9 Å². The summed E-state index contributed by atoms with van der Waals surface area (Å²) >= 11 is 1.49. The molecule has 0 saturated heterocycles. The van der Waals surface area contributed by atoms with E-state index in [0.29, 0.717) is 11.0 Å². The highest BCUT2D eigenvalue weighted by Crippen LogP contribution is 2.34. The molecule has 1 aromatic carbocycles. The normalized spacial score (nSPS) is 11.2. The number of rotatable bonds is 2. The number of thiazole rings is 1. The van der Waals surface area contributed by atoms with Crippen LogP contribution in [0.1, 0.15) is 25.3 Å². The van der Waals surface area contributed by atoms with E-state index in [4.69, 9.17) is 10.5 Å². The lowest BCUT2D eigenvalue weighted by Crippen LogP contribution is -1.93. The van der Waals surface area contributed by atoms with E-state index < -0.39 is 0 Å². The number of nitrogens with two attached hydrogens (primary N) is 1. The first-order chi connectivity index (χ1) is 7.11. The minimum absolute atomic E-state index is 0.423. The molecule has 0 radical (unpaired) electrons. The lowest BCUT2D eigenvalue weighted by Gasteiger charge is -2.11. The van der Waals surface area contributed by atoms with Crippen molar-refractivity contribution in [2.24, 2.45) is 0 Å². The summed E-state index contributed by atoms with van der Waals surface area (Å²) in [5.74, 6) is 1.34. The Kier molecular flexibility index (Phi) is 2.52. The molecule has 0 amide bonds. The van der Waals surface area contributed by atoms with Gasteiger partial charge in [0.15, 0.2) is 5.13 Å². The van der Waals surface area contributed by atoms with Crippen molar-refractivity contribution in [3.8, 4) is 5.75 Å². The monoisotopic (exact) mass is 222 g/mol. The third-order valence-electron chi connectivity index (χ3n) is 2.38. The molecular weight excluding hydrogens is 208 g/mol. The molecule has 80 valence electrons. The van der Waals surface area contributed by atoms with Crippen LogP contribution in [-0.4, -0.2) is 12.1 Å². The summed E-state index contributed by atoms with van der Waals surface area (Å²) in [7, 11) is 1.69. The molecule has 0 spiro atoms. The predicted molar refractivity (Wildman–Crippen MR) is 64.7 cm³/mol. The summed E-state index contributed by atoms with van der Waals surface area (Å²) in [6.45, 7) is 4.28. The van der Waals surface area contributed by atoms with Gasteiger partial charge in [0, 0.05) is 0 Å². The first-order valence-corrected chi connectivity index (χ1v) is 5.67. The molecule has 0 unspecified atom stereocenters. The average molecular weight is 222 g/mol. The number of benzene rings is 1. The number of nitrogens with zero attached hydrogens (tertiary/aromatic N) is 1. The smallest absolute Gasteiger partial charge is 0.181 e. The number of anilines is 1. The Morgan fingerprint density at radius 2 is 2.13 bits per heavy atom. The zero-order chi connectivity index (χ0) is 11.0. The van der Waals surface area contributed by atoms with Gasteiger partial charge in [-0.05, 0) is 23.6 Å². The fourth-order valence-electron chi connectivity index (χ4n) is 1.62. The quantitative estimate of drug-likeness (QED) is 0.849. The average Bonchev–Trinajstić information content (AvgIpc) is 2.54. The molecule has 0 aliphatic rings. The molecule has 15 heavy (non-hydrogen) atoms. The van der Waals surface area contributed by atoms with E-state index in [1.165, 1.54) is 16.9 Å². The molecule has 2 aromatic rings. The molecule has 0 aliphatic heterocycles. The minimum Gasteiger partial charge on any atom is -0.496 e. The van der Waals surface area contributed by atoms with Gasteiger partial charge in [0.1, 0.15) is 5.75 Å². The number of ether oxygens (including phenoxy) is 1. The first kappa shape index (κ1) is 10.2. The Hall–Kier alpha value is -1.29. The van der Waals surface area contributed by atoms with Crippen molar-refractivity contribution in [2.45, 2.75) is 19.8 Å². The second-order valence-corrected chi connectivity index (χ2v) is 4.83. The molecule has 0 saturated carbocycles. The number of nitrogen functional groups attached to an aromatic ring is 1. The molecule has 2 rings (SSSR count). The van der Waals surface area contributed by atoms with Crippen LogP contribution in [0.25, 0.3) is 10.2 Å². The number of hydrogen-bond acceptors (Lipinski definition) is 4. The van der Waals surface area contributed by atoms with Crippen LogP contribution in [-0.2, 0) is 0 Å². The highest BCUT2D eigenvalue weighted by molar-refractivity contribution is 7.22. The predicted octanol–water partition coefficient (Wildman–Crippen LogP) is 3.01. The van der Waals surface area contributed by atoms with Gasteiger partial charge < -0.3 is 10.5 Å². The van der Waals surface area contributed by atoms with E-state index in [2.05, 4.69) is 24.9 Å². The number of aromatic nitrogens is 1. The van der Waals surface area contributed by atoms with E-state index >= 15 is 0 Å². The highest BCUT2D eigenvalue weighted by atomic mass is 32.1. The fourth-order valence-corrected chi connectivity index (χ4v) is 2.36. The Morgan fingerprint density at radius 1 is 1.40 bits per heavy atom. The van der Waals surface area contributed by atoms with Crippen LogP contribution < -0.4 is 10.5 Å². The molecular formula is C11H14N2OS. The molecule has 1 aromatic heterocycles. The van der Waals surface area contributed by atoms with E-state index in [9.17, 15) is 0 Å². The van der Waals surface area contributed by atoms with Gasteiger partial charge in [-0.3, -0.25) is 0 Å². The van der Waals surface area contributed by atoms with Gasteiger partial charge in [-0.25, -0.2) is 4.98 Å². The maximum absolute atomic E-state index is 5.67. The Morgan fingerprint density at radius 3 is 2.73 bits per heavy atom. The maximum Gasteiger partial charge on any atom is 0.181 e. The second-order valence-electron chi connectivity index (χ2n) is 3.77. The van der Waals surface area contributed by atoms with Crippen molar-refractivity contribution in [3.05, 3.63) is 17.7 Å². The van der Waals surface area contributed by atoms with Gasteiger partial charge in [0.25, 0.3) is 0 Å². The molecule has 0 bridgehead atoms. The molecule has 0 aliphatic carbocycles. The number of methoxy groups -OCH3 is 1. The van der Waals surface area contributed by atoms with Gasteiger partial charge in [-0.2, -0.15) is 0 Å². The zero-order valence-electron chi connectivity index (χ0n) is 9.07. The molecule has 1 heterocycles. The summed E-state index contributed by atoms with van der Waals surface area (Å²) in [4.78, 5) is 4.27. The summed E-state index contributed by atoms with van der Waals surface area (Å²) < 4.78 is 6.44. The Bertz CT molecular complexity index is 491. The largest absolute Gasteiger partial charge is 0.496 e. The summed E-state index contributed by atoms with van der Waals surface area (Å²) in [5.41, 5.74) is 7.81.